The lowest BCUT2D eigenvalue weighted by Gasteiger charge is -2.39. The summed E-state index contributed by atoms with van der Waals surface area (Å²) in [5.41, 5.74) is 1.03. The summed E-state index contributed by atoms with van der Waals surface area (Å²) < 4.78 is 4.96. The van der Waals surface area contributed by atoms with Crippen LogP contribution >= 0.6 is 11.8 Å². The first-order valence-electron chi connectivity index (χ1n) is 8.68. The molecular formula is C19H24N2O3S. The summed E-state index contributed by atoms with van der Waals surface area (Å²) in [4.78, 5) is 25.4. The van der Waals surface area contributed by atoms with E-state index >= 15 is 0 Å². The third-order valence-corrected chi connectivity index (χ3v) is 6.10. The van der Waals surface area contributed by atoms with Gasteiger partial charge in [-0.1, -0.05) is 30.3 Å². The van der Waals surface area contributed by atoms with Crippen LogP contribution in [0.5, 0.6) is 0 Å². The Morgan fingerprint density at radius 1 is 1.36 bits per heavy atom. The molecular weight excluding hydrogens is 336 g/mol. The second-order valence-corrected chi connectivity index (χ2v) is 7.73. The molecule has 0 spiro atoms. The van der Waals surface area contributed by atoms with Gasteiger partial charge in [0.15, 0.2) is 0 Å². The molecule has 134 valence electrons. The molecule has 2 aliphatic rings. The van der Waals surface area contributed by atoms with Gasteiger partial charge < -0.3 is 15.4 Å². The molecule has 3 rings (SSSR count). The highest BCUT2D eigenvalue weighted by Crippen LogP contribution is 2.39. The molecule has 1 saturated carbocycles. The van der Waals surface area contributed by atoms with Crippen LogP contribution < -0.4 is 10.6 Å². The number of rotatable bonds is 5. The molecule has 3 unspecified atom stereocenters. The first-order chi connectivity index (χ1) is 12.2. The van der Waals surface area contributed by atoms with Crippen LogP contribution in [0.1, 0.15) is 24.8 Å². The molecule has 1 aliphatic carbocycles. The monoisotopic (exact) mass is 360 g/mol. The molecule has 1 aromatic rings. The standard InChI is InChI=1S/C19H24N2O3S/c1-24-10-9-20-18(22)14-7-8-16-15(12-14)21-19(23)17(25-16)11-13-5-3-2-4-6-13/h2-6,11,14-16H,7-10,12H2,1H3,(H,20,22)(H,21,23)/b17-11-. The largest absolute Gasteiger partial charge is 0.383 e. The van der Waals surface area contributed by atoms with Crippen LogP contribution in [-0.4, -0.2) is 43.4 Å². The van der Waals surface area contributed by atoms with Crippen molar-refractivity contribution in [2.75, 3.05) is 20.3 Å². The van der Waals surface area contributed by atoms with E-state index in [1.807, 2.05) is 36.4 Å². The third-order valence-electron chi connectivity index (χ3n) is 4.68. The smallest absolute Gasteiger partial charge is 0.257 e. The van der Waals surface area contributed by atoms with Gasteiger partial charge in [-0.15, -0.1) is 11.8 Å². The topological polar surface area (TPSA) is 67.4 Å². The van der Waals surface area contributed by atoms with Crippen LogP contribution in [0.2, 0.25) is 0 Å². The van der Waals surface area contributed by atoms with E-state index in [2.05, 4.69) is 10.6 Å². The van der Waals surface area contributed by atoms with Crippen LogP contribution in [0.25, 0.3) is 6.08 Å². The van der Waals surface area contributed by atoms with Crippen LogP contribution in [0.3, 0.4) is 0 Å². The van der Waals surface area contributed by atoms with E-state index in [0.717, 1.165) is 23.3 Å². The predicted molar refractivity (Wildman–Crippen MR) is 100.0 cm³/mol. The molecule has 0 aromatic heterocycles. The molecule has 6 heteroatoms. The third kappa shape index (κ3) is 4.64. The van der Waals surface area contributed by atoms with Crippen molar-refractivity contribution in [3.8, 4) is 0 Å². The zero-order valence-electron chi connectivity index (χ0n) is 14.4. The second-order valence-electron chi connectivity index (χ2n) is 6.45. The Morgan fingerprint density at radius 3 is 2.92 bits per heavy atom. The number of amides is 2. The highest BCUT2D eigenvalue weighted by atomic mass is 32.2. The summed E-state index contributed by atoms with van der Waals surface area (Å²) >= 11 is 1.65. The summed E-state index contributed by atoms with van der Waals surface area (Å²) in [6.45, 7) is 1.05. The molecule has 0 bridgehead atoms. The summed E-state index contributed by atoms with van der Waals surface area (Å²) in [6, 6.07) is 9.95. The van der Waals surface area contributed by atoms with Gasteiger partial charge in [0.2, 0.25) is 5.91 Å². The zero-order chi connectivity index (χ0) is 17.6. The minimum atomic E-state index is -0.0319. The molecule has 2 N–H and O–H groups in total. The molecule has 25 heavy (non-hydrogen) atoms. The normalized spacial score (nSPS) is 27.5. The summed E-state index contributed by atoms with van der Waals surface area (Å²) in [5, 5.41) is 6.36. The number of fused-ring (bicyclic) bond motifs is 1. The number of hydrogen-bond acceptors (Lipinski definition) is 4. The van der Waals surface area contributed by atoms with E-state index in [-0.39, 0.29) is 23.8 Å². The Kier molecular flexibility index (Phi) is 6.15. The number of benzene rings is 1. The Balaban J connectivity index is 1.59. The van der Waals surface area contributed by atoms with Gasteiger partial charge in [0.25, 0.3) is 5.91 Å². The number of methoxy groups -OCH3 is 1. The predicted octanol–water partition coefficient (Wildman–Crippen LogP) is 2.19. The van der Waals surface area contributed by atoms with Crippen molar-refractivity contribution in [3.63, 3.8) is 0 Å². The van der Waals surface area contributed by atoms with Gasteiger partial charge in [0.05, 0.1) is 11.5 Å². The number of thioether (sulfide) groups is 1. The number of carbonyl (C=O) groups is 2. The Hall–Kier alpha value is -1.79. The van der Waals surface area contributed by atoms with Crippen LogP contribution in [-0.2, 0) is 14.3 Å². The Labute approximate surface area is 152 Å². The van der Waals surface area contributed by atoms with E-state index in [9.17, 15) is 9.59 Å². The summed E-state index contributed by atoms with van der Waals surface area (Å²) in [6.07, 6.45) is 4.45. The van der Waals surface area contributed by atoms with Gasteiger partial charge in [-0.3, -0.25) is 9.59 Å². The molecule has 1 heterocycles. The first-order valence-corrected chi connectivity index (χ1v) is 9.56. The van der Waals surface area contributed by atoms with Crippen LogP contribution in [0, 0.1) is 5.92 Å². The number of hydrogen-bond donors (Lipinski definition) is 2. The second kappa shape index (κ2) is 8.54. The first kappa shape index (κ1) is 18.0. The number of ether oxygens (including phenoxy) is 1. The molecule has 1 aliphatic heterocycles. The average molecular weight is 360 g/mol. The van der Waals surface area contributed by atoms with Gasteiger partial charge in [0.1, 0.15) is 0 Å². The highest BCUT2D eigenvalue weighted by Gasteiger charge is 2.39. The molecule has 2 fully saturated rings. The SMILES string of the molecule is COCCNC(=O)C1CCC2S/C(=C\c3ccccc3)C(=O)NC2C1. The van der Waals surface area contributed by atoms with Gasteiger partial charge in [0, 0.05) is 30.9 Å². The molecule has 0 radical (unpaired) electrons. The van der Waals surface area contributed by atoms with Crippen molar-refractivity contribution in [2.45, 2.75) is 30.6 Å². The Bertz CT molecular complexity index is 647. The fraction of sp³-hybridized carbons (Fsp3) is 0.474. The van der Waals surface area contributed by atoms with E-state index in [4.69, 9.17) is 4.74 Å². The highest BCUT2D eigenvalue weighted by molar-refractivity contribution is 8.04. The maximum Gasteiger partial charge on any atom is 0.257 e. The van der Waals surface area contributed by atoms with Crippen LogP contribution in [0.15, 0.2) is 35.2 Å². The summed E-state index contributed by atoms with van der Waals surface area (Å²) in [5.74, 6) is 0.00887. The van der Waals surface area contributed by atoms with Gasteiger partial charge in [-0.05, 0) is 30.9 Å². The fourth-order valence-corrected chi connectivity index (χ4v) is 4.64. The van der Waals surface area contributed by atoms with Crippen molar-refractivity contribution < 1.29 is 14.3 Å². The van der Waals surface area contributed by atoms with Crippen LogP contribution in [0.4, 0.5) is 0 Å². The fourth-order valence-electron chi connectivity index (χ4n) is 3.35. The Morgan fingerprint density at radius 2 is 2.16 bits per heavy atom. The lowest BCUT2D eigenvalue weighted by Crippen LogP contribution is -2.51. The number of carbonyl (C=O) groups excluding carboxylic acids is 2. The molecule has 1 aromatic carbocycles. The van der Waals surface area contributed by atoms with Crippen molar-refractivity contribution in [1.29, 1.82) is 0 Å². The van der Waals surface area contributed by atoms with Gasteiger partial charge in [-0.25, -0.2) is 0 Å². The zero-order valence-corrected chi connectivity index (χ0v) is 15.2. The van der Waals surface area contributed by atoms with E-state index in [0.29, 0.717) is 24.8 Å². The number of nitrogens with one attached hydrogen (secondary N) is 2. The maximum absolute atomic E-state index is 12.4. The van der Waals surface area contributed by atoms with E-state index in [1.165, 1.54) is 0 Å². The quantitative estimate of drug-likeness (QED) is 0.624. The average Bonchev–Trinajstić information content (AvgIpc) is 2.63. The maximum atomic E-state index is 12.4. The molecule has 5 nitrogen and oxygen atoms in total. The molecule has 3 atom stereocenters. The van der Waals surface area contributed by atoms with Crippen molar-refractivity contribution in [2.24, 2.45) is 5.92 Å². The van der Waals surface area contributed by atoms with E-state index in [1.54, 1.807) is 18.9 Å². The lowest BCUT2D eigenvalue weighted by atomic mass is 9.84. The molecule has 1 saturated heterocycles. The van der Waals surface area contributed by atoms with Crippen molar-refractivity contribution in [3.05, 3.63) is 40.8 Å². The van der Waals surface area contributed by atoms with Crippen molar-refractivity contribution in [1.82, 2.24) is 10.6 Å². The lowest BCUT2D eigenvalue weighted by molar-refractivity contribution is -0.127. The van der Waals surface area contributed by atoms with E-state index < -0.39 is 0 Å². The minimum Gasteiger partial charge on any atom is -0.383 e. The van der Waals surface area contributed by atoms with Crippen molar-refractivity contribution >= 4 is 29.7 Å². The summed E-state index contributed by atoms with van der Waals surface area (Å²) in [7, 11) is 1.62. The minimum absolute atomic E-state index is 0.0290. The van der Waals surface area contributed by atoms with Gasteiger partial charge in [-0.2, -0.15) is 0 Å². The molecule has 2 amide bonds. The van der Waals surface area contributed by atoms with Gasteiger partial charge >= 0.3 is 0 Å².